The molecule has 4 atom stereocenters. The molecular weight excluding hydrogens is 220 g/mol. The average Bonchev–Trinajstić information content (AvgIpc) is 2.33. The molecule has 0 saturated carbocycles. The minimum absolute atomic E-state index is 0.00452. The molecular formula is C9H14O7. The number of hydrogen-bond donors (Lipinski definition) is 4. The van der Waals surface area contributed by atoms with Crippen LogP contribution in [-0.4, -0.2) is 63.7 Å². The summed E-state index contributed by atoms with van der Waals surface area (Å²) >= 11 is 0. The van der Waals surface area contributed by atoms with E-state index in [4.69, 9.17) is 11.6 Å². The number of carbonyl (C=O) groups is 2. The van der Waals surface area contributed by atoms with Gasteiger partial charge in [-0.3, -0.25) is 0 Å². The third-order valence-corrected chi connectivity index (χ3v) is 1.77. The summed E-state index contributed by atoms with van der Waals surface area (Å²) < 4.78 is 10.9. The molecule has 0 spiro atoms. The Bertz CT molecular complexity index is 281. The average molecular weight is 235 g/mol. The van der Waals surface area contributed by atoms with E-state index in [1.807, 2.05) is 0 Å². The van der Waals surface area contributed by atoms with Gasteiger partial charge in [0, 0.05) is 6.08 Å². The Balaban J connectivity index is 4.17. The Morgan fingerprint density at radius 1 is 1.38 bits per heavy atom. The first-order chi connectivity index (χ1) is 7.93. The molecule has 0 aromatic rings. The van der Waals surface area contributed by atoms with Crippen molar-refractivity contribution < 1.29 is 36.1 Å². The van der Waals surface area contributed by atoms with Crippen LogP contribution in [-0.2, 0) is 14.3 Å². The zero-order valence-electron chi connectivity index (χ0n) is 9.26. The largest absolute Gasteiger partial charge is 0.460 e. The van der Waals surface area contributed by atoms with Crippen LogP contribution in [0.25, 0.3) is 0 Å². The minimum Gasteiger partial charge on any atom is -0.460 e. The van der Waals surface area contributed by atoms with Gasteiger partial charge in [-0.25, -0.2) is 4.79 Å². The molecule has 0 aliphatic heterocycles. The van der Waals surface area contributed by atoms with Gasteiger partial charge in [0.05, 0.1) is 1.37 Å². The second-order valence-corrected chi connectivity index (χ2v) is 2.97. The number of hydrogen-bond acceptors (Lipinski definition) is 7. The number of esters is 1. The van der Waals surface area contributed by atoms with Gasteiger partial charge in [-0.05, 0) is 0 Å². The molecule has 0 aromatic carbocycles. The highest BCUT2D eigenvalue weighted by atomic mass is 16.5. The van der Waals surface area contributed by atoms with Crippen LogP contribution in [0.15, 0.2) is 12.6 Å². The first-order valence-corrected chi connectivity index (χ1v) is 4.33. The molecule has 0 radical (unpaired) electrons. The zero-order chi connectivity index (χ0) is 13.4. The number of aldehydes is 1. The number of carbonyl (C=O) groups excluding carboxylic acids is 2. The molecule has 0 unspecified atom stereocenters. The number of ether oxygens (including phenoxy) is 1. The van der Waals surface area contributed by atoms with E-state index in [1.54, 1.807) is 0 Å². The van der Waals surface area contributed by atoms with Crippen molar-refractivity contribution in [3.63, 3.8) is 0 Å². The van der Waals surface area contributed by atoms with E-state index in [-0.39, 0.29) is 6.29 Å². The predicted molar refractivity (Wildman–Crippen MR) is 51.2 cm³/mol. The molecule has 7 nitrogen and oxygen atoms in total. The molecule has 0 amide bonds. The Morgan fingerprint density at radius 2 is 2.00 bits per heavy atom. The molecule has 0 heterocycles. The second-order valence-electron chi connectivity index (χ2n) is 2.97. The summed E-state index contributed by atoms with van der Waals surface area (Å²) in [6.07, 6.45) is -6.47. The Hall–Kier alpha value is -1.28. The zero-order valence-corrected chi connectivity index (χ0v) is 8.26. The van der Waals surface area contributed by atoms with Gasteiger partial charge in [-0.1, -0.05) is 6.55 Å². The first kappa shape index (κ1) is 12.8. The number of rotatable bonds is 7. The summed E-state index contributed by atoms with van der Waals surface area (Å²) in [5.74, 6) is -0.906. The lowest BCUT2D eigenvalue weighted by Crippen LogP contribution is -2.46. The topological polar surface area (TPSA) is 124 Å². The first-order valence-electron chi connectivity index (χ1n) is 4.91. The standard InChI is InChI=1S/C9H14O7/c1-2-7(13)16-4-6(12)9(15)8(14)5(11)3-10/h2-3,5-6,8-9,11-12,14-15H,1,4H2/t5-,6+,8+,9-/m0/s1/i1D. The maximum absolute atomic E-state index is 10.7. The highest BCUT2D eigenvalue weighted by molar-refractivity contribution is 5.81. The van der Waals surface area contributed by atoms with Crippen molar-refractivity contribution in [1.82, 2.24) is 0 Å². The Kier molecular flexibility index (Phi) is 5.65. The van der Waals surface area contributed by atoms with Crippen molar-refractivity contribution >= 4 is 12.3 Å². The summed E-state index contributed by atoms with van der Waals surface area (Å²) in [7, 11) is 0. The predicted octanol–water partition coefficient (Wildman–Crippen LogP) is -2.64. The molecule has 0 aromatic heterocycles. The maximum atomic E-state index is 10.7. The number of aliphatic hydroxyl groups excluding tert-OH is 4. The van der Waals surface area contributed by atoms with E-state index in [0.717, 1.165) is 6.08 Å². The van der Waals surface area contributed by atoms with Gasteiger partial charge in [-0.15, -0.1) is 0 Å². The minimum atomic E-state index is -1.88. The van der Waals surface area contributed by atoms with Crippen LogP contribution in [0.1, 0.15) is 1.37 Å². The molecule has 0 aliphatic rings. The summed E-state index contributed by atoms with van der Waals surface area (Å²) in [4.78, 5) is 20.8. The van der Waals surface area contributed by atoms with Crippen LogP contribution in [0.5, 0.6) is 0 Å². The molecule has 16 heavy (non-hydrogen) atoms. The quantitative estimate of drug-likeness (QED) is 0.216. The SMILES string of the molecule is [2H]C=CC(=O)OC[C@@H](O)[C@H](O)[C@H](O)[C@@H](O)C=O. The Labute approximate surface area is 93.0 Å². The van der Waals surface area contributed by atoms with E-state index in [2.05, 4.69) is 4.74 Å². The molecule has 4 N–H and O–H groups in total. The lowest BCUT2D eigenvalue weighted by Gasteiger charge is -2.23. The highest BCUT2D eigenvalue weighted by Crippen LogP contribution is 2.04. The second kappa shape index (κ2) is 7.07. The maximum Gasteiger partial charge on any atom is 0.330 e. The number of aliphatic hydroxyl groups is 4. The molecule has 0 aliphatic carbocycles. The van der Waals surface area contributed by atoms with Gasteiger partial charge < -0.3 is 30.0 Å². The molecule has 0 bridgehead atoms. The van der Waals surface area contributed by atoms with E-state index >= 15 is 0 Å². The van der Waals surface area contributed by atoms with Gasteiger partial charge in [0.1, 0.15) is 31.0 Å². The van der Waals surface area contributed by atoms with Gasteiger partial charge in [0.2, 0.25) is 0 Å². The van der Waals surface area contributed by atoms with Crippen LogP contribution in [0.4, 0.5) is 0 Å². The van der Waals surface area contributed by atoms with Crippen molar-refractivity contribution in [2.75, 3.05) is 6.61 Å². The van der Waals surface area contributed by atoms with Gasteiger partial charge in [0.15, 0.2) is 6.29 Å². The van der Waals surface area contributed by atoms with E-state index < -0.39 is 37.0 Å². The lowest BCUT2D eigenvalue weighted by atomic mass is 10.0. The summed E-state index contributed by atoms with van der Waals surface area (Å²) in [5.41, 5.74) is 0. The summed E-state index contributed by atoms with van der Waals surface area (Å²) in [6, 6.07) is 0. The fourth-order valence-electron chi connectivity index (χ4n) is 0.824. The fraction of sp³-hybridized carbons (Fsp3) is 0.556. The van der Waals surface area contributed by atoms with Crippen LogP contribution in [0.3, 0.4) is 0 Å². The van der Waals surface area contributed by atoms with E-state index in [1.165, 1.54) is 0 Å². The molecule has 0 saturated heterocycles. The van der Waals surface area contributed by atoms with Crippen LogP contribution in [0, 0.1) is 0 Å². The van der Waals surface area contributed by atoms with Crippen molar-refractivity contribution in [2.45, 2.75) is 24.4 Å². The third kappa shape index (κ3) is 4.49. The Morgan fingerprint density at radius 3 is 2.50 bits per heavy atom. The van der Waals surface area contributed by atoms with Crippen molar-refractivity contribution in [2.24, 2.45) is 0 Å². The van der Waals surface area contributed by atoms with Gasteiger partial charge in [-0.2, -0.15) is 0 Å². The van der Waals surface area contributed by atoms with Crippen molar-refractivity contribution in [3.8, 4) is 0 Å². The highest BCUT2D eigenvalue weighted by Gasteiger charge is 2.30. The van der Waals surface area contributed by atoms with Crippen molar-refractivity contribution in [3.05, 3.63) is 12.6 Å². The summed E-state index contributed by atoms with van der Waals surface area (Å²) in [5, 5.41) is 36.6. The van der Waals surface area contributed by atoms with Gasteiger partial charge in [0.25, 0.3) is 0 Å². The molecule has 0 rings (SSSR count). The molecule has 0 fully saturated rings. The fourth-order valence-corrected chi connectivity index (χ4v) is 0.824. The van der Waals surface area contributed by atoms with Crippen molar-refractivity contribution in [1.29, 1.82) is 0 Å². The van der Waals surface area contributed by atoms with Crippen LogP contribution in [0.2, 0.25) is 0 Å². The van der Waals surface area contributed by atoms with E-state index in [0.29, 0.717) is 6.55 Å². The van der Waals surface area contributed by atoms with Gasteiger partial charge >= 0.3 is 5.97 Å². The summed E-state index contributed by atoms with van der Waals surface area (Å²) in [6.45, 7) is 0.0309. The monoisotopic (exact) mass is 235 g/mol. The lowest BCUT2D eigenvalue weighted by molar-refractivity contribution is -0.151. The molecule has 7 heteroatoms. The molecule has 92 valence electrons. The normalized spacial score (nSPS) is 19.6. The van der Waals surface area contributed by atoms with Crippen LogP contribution < -0.4 is 0 Å². The van der Waals surface area contributed by atoms with Crippen LogP contribution >= 0.6 is 0 Å². The smallest absolute Gasteiger partial charge is 0.330 e. The third-order valence-electron chi connectivity index (χ3n) is 1.77. The van der Waals surface area contributed by atoms with E-state index in [9.17, 15) is 19.8 Å².